The van der Waals surface area contributed by atoms with Crippen LogP contribution in [0.25, 0.3) is 17.2 Å². The van der Waals surface area contributed by atoms with Gasteiger partial charge in [0, 0.05) is 5.02 Å². The number of para-hydroxylation sites is 1. The first-order valence-electron chi connectivity index (χ1n) is 11.1. The lowest BCUT2D eigenvalue weighted by Crippen LogP contribution is -2.54. The van der Waals surface area contributed by atoms with E-state index in [1.165, 1.54) is 4.90 Å². The number of rotatable bonds is 5. The summed E-state index contributed by atoms with van der Waals surface area (Å²) in [7, 11) is 0. The predicted octanol–water partition coefficient (Wildman–Crippen LogP) is 6.63. The maximum absolute atomic E-state index is 13.3. The van der Waals surface area contributed by atoms with Crippen molar-refractivity contribution in [3.63, 3.8) is 0 Å². The van der Waals surface area contributed by atoms with Crippen molar-refractivity contribution in [3.05, 3.63) is 119 Å². The summed E-state index contributed by atoms with van der Waals surface area (Å²) in [5.41, 5.74) is 3.24. The quantitative estimate of drug-likeness (QED) is 0.186. The van der Waals surface area contributed by atoms with Gasteiger partial charge in [0.1, 0.15) is 17.1 Å². The van der Waals surface area contributed by atoms with Crippen LogP contribution in [0.1, 0.15) is 5.56 Å². The maximum Gasteiger partial charge on any atom is 0.270 e. The van der Waals surface area contributed by atoms with Gasteiger partial charge >= 0.3 is 0 Å². The number of halogens is 1. The highest BCUT2D eigenvalue weighted by atomic mass is 35.5. The molecule has 4 aromatic rings. The van der Waals surface area contributed by atoms with Crippen LogP contribution in [-0.2, 0) is 9.59 Å². The number of carbonyl (C=O) groups is 2. The zero-order valence-corrected chi connectivity index (χ0v) is 20.4. The number of benzene rings is 4. The Hall–Kier alpha value is -4.26. The molecule has 0 saturated carbocycles. The normalized spacial score (nSPS) is 14.6. The second-order valence-corrected chi connectivity index (χ2v) is 8.82. The number of ether oxygens (including phenoxy) is 1. The number of nitrogens with one attached hydrogen (secondary N) is 1. The summed E-state index contributed by atoms with van der Waals surface area (Å²) >= 11 is 11.3. The van der Waals surface area contributed by atoms with E-state index in [4.69, 9.17) is 28.6 Å². The van der Waals surface area contributed by atoms with Gasteiger partial charge < -0.3 is 4.74 Å². The number of carbonyl (C=O) groups excluding carboxylic acids is 2. The van der Waals surface area contributed by atoms with Gasteiger partial charge in [-0.25, -0.2) is 0 Å². The highest BCUT2D eigenvalue weighted by Crippen LogP contribution is 2.28. The van der Waals surface area contributed by atoms with Crippen molar-refractivity contribution in [3.8, 4) is 22.6 Å². The van der Waals surface area contributed by atoms with Gasteiger partial charge in [-0.1, -0.05) is 66.2 Å². The van der Waals surface area contributed by atoms with E-state index in [-0.39, 0.29) is 10.7 Å². The highest BCUT2D eigenvalue weighted by molar-refractivity contribution is 7.80. The van der Waals surface area contributed by atoms with Crippen LogP contribution in [-0.4, -0.2) is 16.9 Å². The third-order valence-corrected chi connectivity index (χ3v) is 6.11. The van der Waals surface area contributed by atoms with Crippen molar-refractivity contribution in [2.75, 3.05) is 4.90 Å². The first kappa shape index (κ1) is 23.5. The van der Waals surface area contributed by atoms with E-state index in [1.807, 2.05) is 78.9 Å². The molecule has 0 aromatic heterocycles. The van der Waals surface area contributed by atoms with E-state index in [1.54, 1.807) is 30.3 Å². The van der Waals surface area contributed by atoms with E-state index >= 15 is 0 Å². The molecule has 0 aliphatic carbocycles. The average Bonchev–Trinajstić information content (AvgIpc) is 2.89. The minimum Gasteiger partial charge on any atom is -0.457 e. The Morgan fingerprint density at radius 1 is 0.750 bits per heavy atom. The molecule has 1 aliphatic heterocycles. The molecule has 0 spiro atoms. The molecule has 1 aliphatic rings. The molecule has 0 radical (unpaired) electrons. The molecule has 0 atom stereocenters. The fourth-order valence-corrected chi connectivity index (χ4v) is 4.17. The SMILES string of the molecule is O=C1NC(=S)N(c2ccc(Oc3ccccc3)cc2)C(=O)C1=Cc1ccc(-c2ccc(Cl)cc2)cc1. The van der Waals surface area contributed by atoms with E-state index in [2.05, 4.69) is 5.32 Å². The average molecular weight is 511 g/mol. The largest absolute Gasteiger partial charge is 0.457 e. The van der Waals surface area contributed by atoms with Crippen LogP contribution in [0.5, 0.6) is 11.5 Å². The fraction of sp³-hybridized carbons (Fsp3) is 0. The van der Waals surface area contributed by atoms with Gasteiger partial charge in [-0.2, -0.15) is 0 Å². The van der Waals surface area contributed by atoms with Gasteiger partial charge in [0.05, 0.1) is 5.69 Å². The van der Waals surface area contributed by atoms with Crippen LogP contribution in [0.15, 0.2) is 109 Å². The van der Waals surface area contributed by atoms with Gasteiger partial charge in [-0.15, -0.1) is 0 Å². The molecule has 5 rings (SSSR count). The Balaban J connectivity index is 1.37. The second-order valence-electron chi connectivity index (χ2n) is 8.00. The van der Waals surface area contributed by atoms with E-state index in [0.29, 0.717) is 27.8 Å². The molecule has 1 saturated heterocycles. The minimum absolute atomic E-state index is 0.00699. The van der Waals surface area contributed by atoms with Gasteiger partial charge in [-0.05, 0) is 83.5 Å². The third kappa shape index (κ3) is 5.05. The standard InChI is InChI=1S/C29H19ClN2O3S/c30-22-12-10-21(11-13-22)20-8-6-19(7-9-20)18-26-27(33)31-29(36)32(28(26)34)23-14-16-25(17-15-23)35-24-4-2-1-3-5-24/h1-18H,(H,31,33,36). The molecular weight excluding hydrogens is 492 g/mol. The molecule has 4 aromatic carbocycles. The monoisotopic (exact) mass is 510 g/mol. The number of hydrogen-bond donors (Lipinski definition) is 1. The Kier molecular flexibility index (Phi) is 6.62. The smallest absolute Gasteiger partial charge is 0.270 e. The van der Waals surface area contributed by atoms with Gasteiger partial charge in [0.25, 0.3) is 11.8 Å². The molecule has 2 amide bonds. The lowest BCUT2D eigenvalue weighted by Gasteiger charge is -2.29. The zero-order chi connectivity index (χ0) is 25.1. The summed E-state index contributed by atoms with van der Waals surface area (Å²) in [6.45, 7) is 0. The number of hydrogen-bond acceptors (Lipinski definition) is 4. The molecule has 0 bridgehead atoms. The summed E-state index contributed by atoms with van der Waals surface area (Å²) < 4.78 is 5.81. The molecule has 36 heavy (non-hydrogen) atoms. The predicted molar refractivity (Wildman–Crippen MR) is 146 cm³/mol. The van der Waals surface area contributed by atoms with E-state index in [0.717, 1.165) is 11.1 Å². The lowest BCUT2D eigenvalue weighted by atomic mass is 10.0. The molecule has 1 heterocycles. The first-order valence-corrected chi connectivity index (χ1v) is 11.9. The van der Waals surface area contributed by atoms with Crippen LogP contribution in [0.3, 0.4) is 0 Å². The maximum atomic E-state index is 13.3. The van der Waals surface area contributed by atoms with Gasteiger partial charge in [0.15, 0.2) is 5.11 Å². The summed E-state index contributed by atoms with van der Waals surface area (Å²) in [4.78, 5) is 27.2. The first-order chi connectivity index (χ1) is 17.5. The van der Waals surface area contributed by atoms with Crippen molar-refractivity contribution in [1.82, 2.24) is 5.32 Å². The van der Waals surface area contributed by atoms with Crippen LogP contribution in [0, 0.1) is 0 Å². The van der Waals surface area contributed by atoms with Crippen LogP contribution >= 0.6 is 23.8 Å². The van der Waals surface area contributed by atoms with Crippen molar-refractivity contribution in [2.45, 2.75) is 0 Å². The summed E-state index contributed by atoms with van der Waals surface area (Å²) in [5.74, 6) is 0.282. The molecule has 7 heteroatoms. The third-order valence-electron chi connectivity index (χ3n) is 5.57. The number of nitrogens with zero attached hydrogens (tertiary/aromatic N) is 1. The molecule has 176 valence electrons. The Morgan fingerprint density at radius 2 is 1.33 bits per heavy atom. The number of anilines is 1. The molecule has 1 fully saturated rings. The highest BCUT2D eigenvalue weighted by Gasteiger charge is 2.34. The Bertz CT molecular complexity index is 1470. The van der Waals surface area contributed by atoms with Gasteiger partial charge in [0.2, 0.25) is 0 Å². The topological polar surface area (TPSA) is 58.6 Å². The molecule has 5 nitrogen and oxygen atoms in total. The van der Waals surface area contributed by atoms with Crippen molar-refractivity contribution in [2.24, 2.45) is 0 Å². The summed E-state index contributed by atoms with van der Waals surface area (Å²) in [6.07, 6.45) is 1.56. The summed E-state index contributed by atoms with van der Waals surface area (Å²) in [5, 5.41) is 3.31. The van der Waals surface area contributed by atoms with E-state index < -0.39 is 11.8 Å². The molecular formula is C29H19ClN2O3S. The minimum atomic E-state index is -0.535. The second kappa shape index (κ2) is 10.2. The number of amides is 2. The number of thiocarbonyl (C=S) groups is 1. The fourth-order valence-electron chi connectivity index (χ4n) is 3.76. The zero-order valence-electron chi connectivity index (χ0n) is 18.9. The lowest BCUT2D eigenvalue weighted by molar-refractivity contribution is -0.122. The van der Waals surface area contributed by atoms with Crippen LogP contribution in [0.2, 0.25) is 5.02 Å². The molecule has 0 unspecified atom stereocenters. The summed E-state index contributed by atoms with van der Waals surface area (Å²) in [6, 6.07) is 31.4. The van der Waals surface area contributed by atoms with Crippen molar-refractivity contribution in [1.29, 1.82) is 0 Å². The molecule has 1 N–H and O–H groups in total. The van der Waals surface area contributed by atoms with Crippen molar-refractivity contribution >= 4 is 52.5 Å². The Labute approximate surface area is 218 Å². The Morgan fingerprint density at radius 3 is 1.97 bits per heavy atom. The van der Waals surface area contributed by atoms with Crippen molar-refractivity contribution < 1.29 is 14.3 Å². The van der Waals surface area contributed by atoms with Crippen LogP contribution in [0.4, 0.5) is 5.69 Å². The van der Waals surface area contributed by atoms with E-state index in [9.17, 15) is 9.59 Å². The van der Waals surface area contributed by atoms with Gasteiger partial charge in [-0.3, -0.25) is 19.8 Å². The van der Waals surface area contributed by atoms with Crippen LogP contribution < -0.4 is 15.0 Å².